The molecule has 1 rings (SSSR count). The number of aryl methyl sites for hydroxylation is 1. The third-order valence-corrected chi connectivity index (χ3v) is 1.27. The summed E-state index contributed by atoms with van der Waals surface area (Å²) < 4.78 is 0. The fourth-order valence-corrected chi connectivity index (χ4v) is 0.597. The van der Waals surface area contributed by atoms with Gasteiger partial charge >= 0.3 is 0 Å². The number of aromatic nitrogens is 4. The Morgan fingerprint density at radius 3 is 2.91 bits per heavy atom. The lowest BCUT2D eigenvalue weighted by Gasteiger charge is -1.88. The van der Waals surface area contributed by atoms with Crippen molar-refractivity contribution in [2.45, 2.75) is 13.5 Å². The molecule has 0 radical (unpaired) electrons. The third kappa shape index (κ3) is 1.52. The minimum Gasteiger partial charge on any atom is -0.164 e. The second-order valence-electron chi connectivity index (χ2n) is 2.03. The highest BCUT2D eigenvalue weighted by Gasteiger charge is 2.01. The smallest absolute Gasteiger partial charge is 0.164 e. The van der Waals surface area contributed by atoms with Crippen LogP contribution in [-0.2, 0) is 6.54 Å². The Hall–Kier alpha value is -1.45. The van der Waals surface area contributed by atoms with E-state index in [0.29, 0.717) is 11.4 Å². The Morgan fingerprint density at radius 1 is 1.73 bits per heavy atom. The number of allylic oxidation sites excluding steroid dienone is 2. The summed E-state index contributed by atoms with van der Waals surface area (Å²) in [6.45, 7) is 9.92. The van der Waals surface area contributed by atoms with Crippen molar-refractivity contribution >= 4 is 5.57 Å². The molecule has 0 saturated heterocycles. The van der Waals surface area contributed by atoms with Crippen LogP contribution < -0.4 is 0 Å². The van der Waals surface area contributed by atoms with Crippen molar-refractivity contribution in [2.24, 2.45) is 0 Å². The summed E-state index contributed by atoms with van der Waals surface area (Å²) in [6.07, 6.45) is 1.61. The topological polar surface area (TPSA) is 43.6 Å². The first-order valence-corrected chi connectivity index (χ1v) is 3.37. The van der Waals surface area contributed by atoms with Crippen molar-refractivity contribution in [2.75, 3.05) is 0 Å². The van der Waals surface area contributed by atoms with E-state index in [0.717, 1.165) is 6.54 Å². The molecule has 0 N–H and O–H groups in total. The van der Waals surface area contributed by atoms with Crippen LogP contribution in [0, 0.1) is 0 Å². The van der Waals surface area contributed by atoms with Gasteiger partial charge < -0.3 is 0 Å². The molecular weight excluding hydrogens is 140 g/mol. The summed E-state index contributed by atoms with van der Waals surface area (Å²) in [5.41, 5.74) is 0.699. The molecule has 1 heterocycles. The molecule has 1 aromatic heterocycles. The number of tetrazole rings is 1. The molecule has 0 fully saturated rings. The second kappa shape index (κ2) is 3.09. The SMILES string of the molecule is C=CC(=C)c1nnn(CC)n1. The van der Waals surface area contributed by atoms with Crippen LogP contribution in [0.15, 0.2) is 19.2 Å². The van der Waals surface area contributed by atoms with Gasteiger partial charge in [0.25, 0.3) is 0 Å². The summed E-state index contributed by atoms with van der Waals surface area (Å²) >= 11 is 0. The highest BCUT2D eigenvalue weighted by atomic mass is 15.6. The zero-order chi connectivity index (χ0) is 8.27. The van der Waals surface area contributed by atoms with Crippen LogP contribution in [0.3, 0.4) is 0 Å². The van der Waals surface area contributed by atoms with E-state index in [1.165, 1.54) is 4.80 Å². The van der Waals surface area contributed by atoms with Gasteiger partial charge in [0.15, 0.2) is 0 Å². The Kier molecular flexibility index (Phi) is 2.15. The van der Waals surface area contributed by atoms with Crippen molar-refractivity contribution < 1.29 is 0 Å². The maximum Gasteiger partial charge on any atom is 0.204 e. The standard InChI is InChI=1S/C7H10N4/c1-4-6(3)7-8-10-11(5-2)9-7/h4H,1,3,5H2,2H3. The van der Waals surface area contributed by atoms with Crippen molar-refractivity contribution in [1.29, 1.82) is 0 Å². The highest BCUT2D eigenvalue weighted by Crippen LogP contribution is 2.03. The van der Waals surface area contributed by atoms with E-state index in [1.807, 2.05) is 6.92 Å². The molecule has 0 atom stereocenters. The van der Waals surface area contributed by atoms with E-state index in [9.17, 15) is 0 Å². The lowest BCUT2D eigenvalue weighted by molar-refractivity contribution is 0.552. The molecule has 0 aliphatic rings. The average molecular weight is 150 g/mol. The molecule has 0 bridgehead atoms. The molecule has 58 valence electrons. The molecule has 0 saturated carbocycles. The number of hydrogen-bond acceptors (Lipinski definition) is 3. The van der Waals surface area contributed by atoms with Gasteiger partial charge in [0.05, 0.1) is 6.54 Å². The van der Waals surface area contributed by atoms with Crippen LogP contribution in [0.4, 0.5) is 0 Å². The zero-order valence-electron chi connectivity index (χ0n) is 6.49. The molecule has 11 heavy (non-hydrogen) atoms. The van der Waals surface area contributed by atoms with E-state index in [2.05, 4.69) is 28.6 Å². The molecule has 0 aromatic carbocycles. The summed E-state index contributed by atoms with van der Waals surface area (Å²) in [5, 5.41) is 11.6. The van der Waals surface area contributed by atoms with Gasteiger partial charge in [-0.1, -0.05) is 19.2 Å². The monoisotopic (exact) mass is 150 g/mol. The summed E-state index contributed by atoms with van der Waals surface area (Å²) in [7, 11) is 0. The lowest BCUT2D eigenvalue weighted by atomic mass is 10.3. The maximum absolute atomic E-state index is 4.02. The molecule has 0 unspecified atom stereocenters. The van der Waals surface area contributed by atoms with Crippen molar-refractivity contribution in [3.8, 4) is 0 Å². The van der Waals surface area contributed by atoms with E-state index in [4.69, 9.17) is 0 Å². The summed E-state index contributed by atoms with van der Waals surface area (Å²) in [6, 6.07) is 0. The minimum atomic E-state index is 0.543. The van der Waals surface area contributed by atoms with Gasteiger partial charge in [0, 0.05) is 5.57 Å². The van der Waals surface area contributed by atoms with Gasteiger partial charge in [-0.25, -0.2) is 0 Å². The van der Waals surface area contributed by atoms with Crippen LogP contribution in [0.5, 0.6) is 0 Å². The summed E-state index contributed by atoms with van der Waals surface area (Å²) in [4.78, 5) is 1.50. The average Bonchev–Trinajstić information content (AvgIpc) is 2.50. The molecule has 0 aliphatic carbocycles. The first-order valence-electron chi connectivity index (χ1n) is 3.37. The van der Waals surface area contributed by atoms with Crippen molar-refractivity contribution in [1.82, 2.24) is 20.2 Å². The van der Waals surface area contributed by atoms with Crippen molar-refractivity contribution in [3.63, 3.8) is 0 Å². The van der Waals surface area contributed by atoms with Gasteiger partial charge in [0.1, 0.15) is 0 Å². The van der Waals surface area contributed by atoms with Crippen LogP contribution in [0.25, 0.3) is 5.57 Å². The predicted octanol–water partition coefficient (Wildman–Crippen LogP) is 0.892. The molecule has 0 spiro atoms. The van der Waals surface area contributed by atoms with Crippen LogP contribution >= 0.6 is 0 Å². The van der Waals surface area contributed by atoms with Gasteiger partial charge in [-0.3, -0.25) is 0 Å². The number of rotatable bonds is 3. The number of nitrogens with zero attached hydrogens (tertiary/aromatic N) is 4. The number of hydrogen-bond donors (Lipinski definition) is 0. The normalized spacial score (nSPS) is 9.55. The predicted molar refractivity (Wildman–Crippen MR) is 42.7 cm³/mol. The minimum absolute atomic E-state index is 0.543. The van der Waals surface area contributed by atoms with Crippen molar-refractivity contribution in [3.05, 3.63) is 25.1 Å². The van der Waals surface area contributed by atoms with E-state index in [-0.39, 0.29) is 0 Å². The van der Waals surface area contributed by atoms with Gasteiger partial charge in [-0.15, -0.1) is 10.2 Å². The van der Waals surface area contributed by atoms with Gasteiger partial charge in [0.2, 0.25) is 5.82 Å². The molecular formula is C7H10N4. The van der Waals surface area contributed by atoms with Crippen LogP contribution in [0.2, 0.25) is 0 Å². The first-order chi connectivity index (χ1) is 5.27. The Bertz CT molecular complexity index is 274. The largest absolute Gasteiger partial charge is 0.204 e. The zero-order valence-corrected chi connectivity index (χ0v) is 6.49. The third-order valence-electron chi connectivity index (χ3n) is 1.27. The Balaban J connectivity index is 2.88. The molecule has 4 heteroatoms. The Morgan fingerprint density at radius 2 is 2.45 bits per heavy atom. The lowest BCUT2D eigenvalue weighted by Crippen LogP contribution is -1.98. The Labute approximate surface area is 65.2 Å². The summed E-state index contributed by atoms with van der Waals surface area (Å²) in [5.74, 6) is 0.543. The fourth-order valence-electron chi connectivity index (χ4n) is 0.597. The van der Waals surface area contributed by atoms with E-state index < -0.39 is 0 Å². The molecule has 0 aliphatic heterocycles. The maximum atomic E-state index is 4.02. The quantitative estimate of drug-likeness (QED) is 0.601. The van der Waals surface area contributed by atoms with Crippen LogP contribution in [-0.4, -0.2) is 20.2 Å². The van der Waals surface area contributed by atoms with Gasteiger partial charge in [-0.2, -0.15) is 4.80 Å². The fraction of sp³-hybridized carbons (Fsp3) is 0.286. The van der Waals surface area contributed by atoms with Crippen LogP contribution in [0.1, 0.15) is 12.7 Å². The highest BCUT2D eigenvalue weighted by molar-refractivity contribution is 5.65. The second-order valence-corrected chi connectivity index (χ2v) is 2.03. The molecule has 4 nitrogen and oxygen atoms in total. The molecule has 1 aromatic rings. The molecule has 0 amide bonds. The van der Waals surface area contributed by atoms with E-state index in [1.54, 1.807) is 6.08 Å². The van der Waals surface area contributed by atoms with E-state index >= 15 is 0 Å². The van der Waals surface area contributed by atoms with Gasteiger partial charge in [-0.05, 0) is 12.1 Å². The first kappa shape index (κ1) is 7.65.